The fraction of sp³-hybridized carbons (Fsp3) is 0.556. The lowest BCUT2D eigenvalue weighted by Crippen LogP contribution is -2.53. The van der Waals surface area contributed by atoms with Gasteiger partial charge < -0.3 is 15.0 Å². The van der Waals surface area contributed by atoms with Crippen LogP contribution in [0, 0.1) is 5.41 Å². The second-order valence-electron chi connectivity index (χ2n) is 7.39. The zero-order chi connectivity index (χ0) is 20.2. The summed E-state index contributed by atoms with van der Waals surface area (Å²) in [5.41, 5.74) is -0.564. The second-order valence-corrected chi connectivity index (χ2v) is 9.33. The second kappa shape index (κ2) is 8.26. The topological polar surface area (TPSA) is 96.0 Å². The Labute approximate surface area is 160 Å². The highest BCUT2D eigenvalue weighted by atomic mass is 32.2. The molecule has 0 spiro atoms. The maximum Gasteiger partial charge on any atom is 0.243 e. The summed E-state index contributed by atoms with van der Waals surface area (Å²) >= 11 is 0. The van der Waals surface area contributed by atoms with Gasteiger partial charge in [0.2, 0.25) is 21.8 Å². The first-order valence-electron chi connectivity index (χ1n) is 8.76. The van der Waals surface area contributed by atoms with Crippen LogP contribution in [0.15, 0.2) is 29.2 Å². The van der Waals surface area contributed by atoms with Crippen molar-refractivity contribution in [2.24, 2.45) is 5.41 Å². The van der Waals surface area contributed by atoms with Crippen LogP contribution < -0.4 is 10.1 Å². The molecule has 1 aliphatic rings. The van der Waals surface area contributed by atoms with Gasteiger partial charge in [-0.15, -0.1) is 0 Å². The van der Waals surface area contributed by atoms with E-state index in [0.29, 0.717) is 18.8 Å². The highest BCUT2D eigenvalue weighted by Gasteiger charge is 2.30. The fourth-order valence-corrected chi connectivity index (χ4v) is 4.03. The van der Waals surface area contributed by atoms with Crippen molar-refractivity contribution in [1.29, 1.82) is 0 Å². The minimum atomic E-state index is -3.61. The molecule has 0 saturated carbocycles. The average Bonchev–Trinajstić information content (AvgIpc) is 2.65. The first-order chi connectivity index (χ1) is 12.6. The number of sulfonamides is 1. The molecule has 1 saturated heterocycles. The van der Waals surface area contributed by atoms with Crippen molar-refractivity contribution >= 4 is 21.8 Å². The van der Waals surface area contributed by atoms with Gasteiger partial charge in [-0.2, -0.15) is 4.31 Å². The number of nitrogens with zero attached hydrogens (tertiary/aromatic N) is 2. The molecule has 0 aromatic heterocycles. The molecule has 1 fully saturated rings. The number of rotatable bonds is 5. The monoisotopic (exact) mass is 397 g/mol. The van der Waals surface area contributed by atoms with Crippen LogP contribution in [0.3, 0.4) is 0 Å². The summed E-state index contributed by atoms with van der Waals surface area (Å²) < 4.78 is 31.8. The molecule has 0 aliphatic carbocycles. The maximum atomic E-state index is 12.7. The van der Waals surface area contributed by atoms with Crippen LogP contribution in [0.4, 0.5) is 0 Å². The SMILES string of the molecule is COc1ccc(S(=O)(=O)N2CCN(C(=O)CNC(=O)C(C)(C)C)CC2)cc1. The molecule has 2 rings (SSSR count). The molecule has 9 heteroatoms. The van der Waals surface area contributed by atoms with Gasteiger partial charge in [-0.05, 0) is 24.3 Å². The van der Waals surface area contributed by atoms with E-state index in [4.69, 9.17) is 4.74 Å². The normalized spacial score (nSPS) is 16.1. The Morgan fingerprint density at radius 3 is 2.11 bits per heavy atom. The lowest BCUT2D eigenvalue weighted by Gasteiger charge is -2.34. The summed E-state index contributed by atoms with van der Waals surface area (Å²) in [6.07, 6.45) is 0. The van der Waals surface area contributed by atoms with Crippen molar-refractivity contribution in [3.8, 4) is 5.75 Å². The molecule has 1 aromatic rings. The lowest BCUT2D eigenvalue weighted by molar-refractivity contribution is -0.135. The number of hydrogen-bond acceptors (Lipinski definition) is 5. The summed E-state index contributed by atoms with van der Waals surface area (Å²) in [6.45, 7) is 6.25. The quantitative estimate of drug-likeness (QED) is 0.789. The molecule has 27 heavy (non-hydrogen) atoms. The van der Waals surface area contributed by atoms with E-state index in [1.54, 1.807) is 37.8 Å². The van der Waals surface area contributed by atoms with Crippen molar-refractivity contribution < 1.29 is 22.7 Å². The number of carbonyl (C=O) groups is 2. The Kier molecular flexibility index (Phi) is 6.48. The summed E-state index contributed by atoms with van der Waals surface area (Å²) in [6, 6.07) is 6.22. The molecule has 1 aliphatic heterocycles. The Morgan fingerprint density at radius 1 is 1.07 bits per heavy atom. The first-order valence-corrected chi connectivity index (χ1v) is 10.2. The average molecular weight is 397 g/mol. The van der Waals surface area contributed by atoms with Crippen LogP contribution in [0.5, 0.6) is 5.75 Å². The molecular formula is C18H27N3O5S. The van der Waals surface area contributed by atoms with Gasteiger partial charge in [0, 0.05) is 31.6 Å². The number of ether oxygens (including phenoxy) is 1. The predicted octanol–water partition coefficient (Wildman–Crippen LogP) is 0.690. The molecular weight excluding hydrogens is 370 g/mol. The van der Waals surface area contributed by atoms with Gasteiger partial charge in [-0.1, -0.05) is 20.8 Å². The number of piperazine rings is 1. The summed E-state index contributed by atoms with van der Waals surface area (Å²) in [5, 5.41) is 2.62. The van der Waals surface area contributed by atoms with Crippen molar-refractivity contribution in [3.05, 3.63) is 24.3 Å². The van der Waals surface area contributed by atoms with Gasteiger partial charge in [-0.25, -0.2) is 8.42 Å². The summed E-state index contributed by atoms with van der Waals surface area (Å²) in [4.78, 5) is 25.9. The molecule has 0 radical (unpaired) electrons. The van der Waals surface area contributed by atoms with Crippen molar-refractivity contribution in [2.45, 2.75) is 25.7 Å². The van der Waals surface area contributed by atoms with E-state index < -0.39 is 15.4 Å². The van der Waals surface area contributed by atoms with E-state index in [1.165, 1.54) is 23.5 Å². The number of amides is 2. The van der Waals surface area contributed by atoms with E-state index in [2.05, 4.69) is 5.32 Å². The van der Waals surface area contributed by atoms with Gasteiger partial charge in [0.05, 0.1) is 18.6 Å². The molecule has 0 unspecified atom stereocenters. The first kappa shape index (κ1) is 21.2. The molecule has 8 nitrogen and oxygen atoms in total. The van der Waals surface area contributed by atoms with Crippen LogP contribution in [-0.4, -0.2) is 69.3 Å². The van der Waals surface area contributed by atoms with Crippen LogP contribution in [0.25, 0.3) is 0 Å². The van der Waals surface area contributed by atoms with E-state index in [0.717, 1.165) is 0 Å². The minimum Gasteiger partial charge on any atom is -0.497 e. The molecule has 1 N–H and O–H groups in total. The molecule has 2 amide bonds. The highest BCUT2D eigenvalue weighted by molar-refractivity contribution is 7.89. The van der Waals surface area contributed by atoms with E-state index in [1.807, 2.05) is 0 Å². The number of carbonyl (C=O) groups excluding carboxylic acids is 2. The third-order valence-corrected chi connectivity index (χ3v) is 6.28. The van der Waals surface area contributed by atoms with Crippen molar-refractivity contribution in [2.75, 3.05) is 39.8 Å². The molecule has 1 aromatic carbocycles. The van der Waals surface area contributed by atoms with Crippen LogP contribution >= 0.6 is 0 Å². The van der Waals surface area contributed by atoms with Gasteiger partial charge >= 0.3 is 0 Å². The third kappa shape index (κ3) is 5.20. The Hall–Kier alpha value is -2.13. The largest absolute Gasteiger partial charge is 0.497 e. The number of hydrogen-bond donors (Lipinski definition) is 1. The van der Waals surface area contributed by atoms with Gasteiger partial charge in [0.15, 0.2) is 0 Å². The van der Waals surface area contributed by atoms with Crippen LogP contribution in [-0.2, 0) is 19.6 Å². The summed E-state index contributed by atoms with van der Waals surface area (Å²) in [5.74, 6) is 0.173. The maximum absolute atomic E-state index is 12.7. The highest BCUT2D eigenvalue weighted by Crippen LogP contribution is 2.20. The zero-order valence-electron chi connectivity index (χ0n) is 16.2. The molecule has 0 bridgehead atoms. The molecule has 1 heterocycles. The smallest absolute Gasteiger partial charge is 0.243 e. The van der Waals surface area contributed by atoms with E-state index in [9.17, 15) is 18.0 Å². The Bertz CT molecular complexity index is 776. The number of nitrogens with one attached hydrogen (secondary N) is 1. The van der Waals surface area contributed by atoms with Crippen molar-refractivity contribution in [1.82, 2.24) is 14.5 Å². The third-order valence-electron chi connectivity index (χ3n) is 4.37. The zero-order valence-corrected chi connectivity index (χ0v) is 17.0. The fourth-order valence-electron chi connectivity index (χ4n) is 2.61. The summed E-state index contributed by atoms with van der Waals surface area (Å²) in [7, 11) is -2.09. The lowest BCUT2D eigenvalue weighted by atomic mass is 9.96. The minimum absolute atomic E-state index is 0.0820. The Morgan fingerprint density at radius 2 is 1.63 bits per heavy atom. The number of methoxy groups -OCH3 is 1. The van der Waals surface area contributed by atoms with Crippen molar-refractivity contribution in [3.63, 3.8) is 0 Å². The van der Waals surface area contributed by atoms with Gasteiger partial charge in [0.25, 0.3) is 0 Å². The number of benzene rings is 1. The van der Waals surface area contributed by atoms with Crippen LogP contribution in [0.1, 0.15) is 20.8 Å². The standard InChI is InChI=1S/C18H27N3O5S/c1-18(2,3)17(23)19-13-16(22)20-9-11-21(12-10-20)27(24,25)15-7-5-14(26-4)6-8-15/h5-8H,9-13H2,1-4H3,(H,19,23). The van der Waals surface area contributed by atoms with Crippen LogP contribution in [0.2, 0.25) is 0 Å². The van der Waals surface area contributed by atoms with Gasteiger partial charge in [-0.3, -0.25) is 9.59 Å². The Balaban J connectivity index is 1.92. The van der Waals surface area contributed by atoms with E-state index >= 15 is 0 Å². The van der Waals surface area contributed by atoms with E-state index in [-0.39, 0.29) is 36.3 Å². The molecule has 0 atom stereocenters. The molecule has 150 valence electrons. The van der Waals surface area contributed by atoms with Gasteiger partial charge in [0.1, 0.15) is 5.75 Å². The predicted molar refractivity (Wildman–Crippen MR) is 101 cm³/mol.